The minimum absolute atomic E-state index is 0.0361. The second-order valence-corrected chi connectivity index (χ2v) is 4.70. The molecule has 1 amide bonds. The lowest BCUT2D eigenvalue weighted by Gasteiger charge is -2.23. The summed E-state index contributed by atoms with van der Waals surface area (Å²) in [6.45, 7) is 3.05. The molecule has 4 nitrogen and oxygen atoms in total. The van der Waals surface area contributed by atoms with Crippen molar-refractivity contribution in [3.8, 4) is 0 Å². The first-order valence-electron chi connectivity index (χ1n) is 6.54. The van der Waals surface area contributed by atoms with Crippen molar-refractivity contribution in [1.29, 1.82) is 0 Å². The number of carbonyl (C=O) groups is 1. The summed E-state index contributed by atoms with van der Waals surface area (Å²) in [5, 5.41) is 9.55. The lowest BCUT2D eigenvalue weighted by Crippen LogP contribution is -2.42. The lowest BCUT2D eigenvalue weighted by atomic mass is 10.1. The van der Waals surface area contributed by atoms with Crippen molar-refractivity contribution in [3.63, 3.8) is 0 Å². The smallest absolute Gasteiger partial charge is 0.251 e. The van der Waals surface area contributed by atoms with Gasteiger partial charge in [0, 0.05) is 31.7 Å². The van der Waals surface area contributed by atoms with Gasteiger partial charge in [-0.05, 0) is 37.1 Å². The SMILES string of the molecule is CNC(=O)c1ccc(CNC2CCCNC2)cc1. The van der Waals surface area contributed by atoms with Gasteiger partial charge in [-0.3, -0.25) is 4.79 Å². The highest BCUT2D eigenvalue weighted by Gasteiger charge is 2.11. The molecule has 1 aromatic rings. The van der Waals surface area contributed by atoms with Crippen LogP contribution in [0.4, 0.5) is 0 Å². The van der Waals surface area contributed by atoms with E-state index in [9.17, 15) is 4.79 Å². The molecule has 1 saturated heterocycles. The molecule has 1 aromatic carbocycles. The molecule has 0 saturated carbocycles. The highest BCUT2D eigenvalue weighted by molar-refractivity contribution is 5.93. The molecule has 0 bridgehead atoms. The van der Waals surface area contributed by atoms with Gasteiger partial charge >= 0.3 is 0 Å². The summed E-state index contributed by atoms with van der Waals surface area (Å²) in [5.41, 5.74) is 1.92. The van der Waals surface area contributed by atoms with Gasteiger partial charge in [0.2, 0.25) is 0 Å². The first kappa shape index (κ1) is 13.1. The third-order valence-electron chi connectivity index (χ3n) is 3.33. The van der Waals surface area contributed by atoms with E-state index in [0.29, 0.717) is 11.6 Å². The molecule has 1 heterocycles. The third-order valence-corrected chi connectivity index (χ3v) is 3.33. The monoisotopic (exact) mass is 247 g/mol. The summed E-state index contributed by atoms with van der Waals surface area (Å²) < 4.78 is 0. The van der Waals surface area contributed by atoms with Crippen molar-refractivity contribution in [2.45, 2.75) is 25.4 Å². The van der Waals surface area contributed by atoms with E-state index < -0.39 is 0 Å². The Kier molecular flexibility index (Phi) is 4.73. The quantitative estimate of drug-likeness (QED) is 0.740. The molecule has 2 rings (SSSR count). The van der Waals surface area contributed by atoms with Crippen LogP contribution in [0.2, 0.25) is 0 Å². The van der Waals surface area contributed by atoms with E-state index >= 15 is 0 Å². The number of benzene rings is 1. The van der Waals surface area contributed by atoms with Crippen molar-refractivity contribution >= 4 is 5.91 Å². The average Bonchev–Trinajstić information content (AvgIpc) is 2.46. The van der Waals surface area contributed by atoms with Gasteiger partial charge in [-0.15, -0.1) is 0 Å². The van der Waals surface area contributed by atoms with Crippen molar-refractivity contribution in [1.82, 2.24) is 16.0 Å². The second-order valence-electron chi connectivity index (χ2n) is 4.70. The fourth-order valence-corrected chi connectivity index (χ4v) is 2.21. The molecule has 0 radical (unpaired) electrons. The van der Waals surface area contributed by atoms with Crippen molar-refractivity contribution in [3.05, 3.63) is 35.4 Å². The van der Waals surface area contributed by atoms with Crippen LogP contribution in [0.15, 0.2) is 24.3 Å². The molecule has 1 fully saturated rings. The number of amides is 1. The lowest BCUT2D eigenvalue weighted by molar-refractivity contribution is 0.0963. The highest BCUT2D eigenvalue weighted by atomic mass is 16.1. The van der Waals surface area contributed by atoms with Gasteiger partial charge in [0.05, 0.1) is 0 Å². The molecule has 1 aliphatic rings. The van der Waals surface area contributed by atoms with Crippen LogP contribution >= 0.6 is 0 Å². The molecule has 1 unspecified atom stereocenters. The number of piperidine rings is 1. The summed E-state index contributed by atoms with van der Waals surface area (Å²) in [7, 11) is 1.65. The molecule has 18 heavy (non-hydrogen) atoms. The molecular weight excluding hydrogens is 226 g/mol. The summed E-state index contributed by atoms with van der Waals surface area (Å²) in [5.74, 6) is -0.0361. The predicted octanol–water partition coefficient (Wildman–Crippen LogP) is 0.888. The van der Waals surface area contributed by atoms with Crippen LogP contribution in [0, 0.1) is 0 Å². The van der Waals surface area contributed by atoms with Gasteiger partial charge < -0.3 is 16.0 Å². The fraction of sp³-hybridized carbons (Fsp3) is 0.500. The molecular formula is C14H21N3O. The molecule has 1 atom stereocenters. The maximum Gasteiger partial charge on any atom is 0.251 e. The van der Waals surface area contributed by atoms with Gasteiger partial charge in [-0.25, -0.2) is 0 Å². The Hall–Kier alpha value is -1.39. The van der Waals surface area contributed by atoms with E-state index in [1.165, 1.54) is 18.4 Å². The van der Waals surface area contributed by atoms with Crippen LogP contribution in [0.3, 0.4) is 0 Å². The Morgan fingerprint density at radius 3 is 2.78 bits per heavy atom. The average molecular weight is 247 g/mol. The molecule has 3 N–H and O–H groups in total. The molecule has 0 aliphatic carbocycles. The highest BCUT2D eigenvalue weighted by Crippen LogP contribution is 2.06. The van der Waals surface area contributed by atoms with Crippen LogP contribution in [0.5, 0.6) is 0 Å². The van der Waals surface area contributed by atoms with Gasteiger partial charge in [-0.2, -0.15) is 0 Å². The Balaban J connectivity index is 1.84. The van der Waals surface area contributed by atoms with Crippen molar-refractivity contribution in [2.24, 2.45) is 0 Å². The van der Waals surface area contributed by atoms with Crippen LogP contribution in [0.1, 0.15) is 28.8 Å². The Morgan fingerprint density at radius 1 is 1.39 bits per heavy atom. The summed E-state index contributed by atoms with van der Waals surface area (Å²) in [6.07, 6.45) is 2.48. The van der Waals surface area contributed by atoms with E-state index in [0.717, 1.165) is 19.6 Å². The van der Waals surface area contributed by atoms with Gasteiger partial charge in [-0.1, -0.05) is 12.1 Å². The van der Waals surface area contributed by atoms with Crippen molar-refractivity contribution in [2.75, 3.05) is 20.1 Å². The molecule has 0 aromatic heterocycles. The Bertz CT molecular complexity index is 383. The van der Waals surface area contributed by atoms with E-state index in [4.69, 9.17) is 0 Å². The largest absolute Gasteiger partial charge is 0.355 e. The zero-order valence-electron chi connectivity index (χ0n) is 10.8. The summed E-state index contributed by atoms with van der Waals surface area (Å²) in [4.78, 5) is 11.4. The minimum Gasteiger partial charge on any atom is -0.355 e. The van der Waals surface area contributed by atoms with Gasteiger partial charge in [0.25, 0.3) is 5.91 Å². The van der Waals surface area contributed by atoms with E-state index in [2.05, 4.69) is 16.0 Å². The second kappa shape index (κ2) is 6.52. The predicted molar refractivity (Wildman–Crippen MR) is 72.6 cm³/mol. The Morgan fingerprint density at radius 2 is 2.17 bits per heavy atom. The van der Waals surface area contributed by atoms with E-state index in [1.807, 2.05) is 24.3 Å². The zero-order valence-corrected chi connectivity index (χ0v) is 10.8. The number of hydrogen-bond acceptors (Lipinski definition) is 3. The zero-order chi connectivity index (χ0) is 12.8. The van der Waals surface area contributed by atoms with Crippen LogP contribution < -0.4 is 16.0 Å². The summed E-state index contributed by atoms with van der Waals surface area (Å²) in [6, 6.07) is 8.32. The number of hydrogen-bond donors (Lipinski definition) is 3. The van der Waals surface area contributed by atoms with Gasteiger partial charge in [0.15, 0.2) is 0 Å². The first-order chi connectivity index (χ1) is 8.79. The van der Waals surface area contributed by atoms with Crippen LogP contribution in [0.25, 0.3) is 0 Å². The van der Waals surface area contributed by atoms with Crippen LogP contribution in [-0.2, 0) is 6.54 Å². The molecule has 0 spiro atoms. The number of carbonyl (C=O) groups excluding carboxylic acids is 1. The number of rotatable bonds is 4. The number of nitrogens with one attached hydrogen (secondary N) is 3. The standard InChI is InChI=1S/C14H21N3O/c1-15-14(18)12-6-4-11(5-7-12)9-17-13-3-2-8-16-10-13/h4-7,13,16-17H,2-3,8-10H2,1H3,(H,15,18). The fourth-order valence-electron chi connectivity index (χ4n) is 2.21. The van der Waals surface area contributed by atoms with Crippen LogP contribution in [-0.4, -0.2) is 32.1 Å². The Labute approximate surface area is 108 Å². The topological polar surface area (TPSA) is 53.2 Å². The van der Waals surface area contributed by atoms with E-state index in [1.54, 1.807) is 7.05 Å². The first-order valence-corrected chi connectivity index (χ1v) is 6.54. The third kappa shape index (κ3) is 3.55. The van der Waals surface area contributed by atoms with E-state index in [-0.39, 0.29) is 5.91 Å². The van der Waals surface area contributed by atoms with Crippen molar-refractivity contribution < 1.29 is 4.79 Å². The maximum atomic E-state index is 11.4. The molecule has 1 aliphatic heterocycles. The summed E-state index contributed by atoms with van der Waals surface area (Å²) >= 11 is 0. The van der Waals surface area contributed by atoms with Gasteiger partial charge in [0.1, 0.15) is 0 Å². The molecule has 4 heteroatoms. The minimum atomic E-state index is -0.0361. The normalized spacial score (nSPS) is 19.5. The molecule has 98 valence electrons. The maximum absolute atomic E-state index is 11.4.